The summed E-state index contributed by atoms with van der Waals surface area (Å²) in [5.74, 6) is 0.809. The van der Waals surface area contributed by atoms with Gasteiger partial charge in [0.2, 0.25) is 0 Å². The molecule has 0 bridgehead atoms. The molecule has 0 saturated heterocycles. The second kappa shape index (κ2) is 6.89. The van der Waals surface area contributed by atoms with Crippen LogP contribution in [0.5, 0.6) is 0 Å². The van der Waals surface area contributed by atoms with Crippen molar-refractivity contribution in [1.82, 2.24) is 4.90 Å². The van der Waals surface area contributed by atoms with Gasteiger partial charge in [0.05, 0.1) is 12.5 Å². The van der Waals surface area contributed by atoms with Crippen molar-refractivity contribution in [2.24, 2.45) is 11.8 Å². The second-order valence-corrected chi connectivity index (χ2v) is 4.80. The lowest BCUT2D eigenvalue weighted by molar-refractivity contribution is -0.148. The Bertz CT molecular complexity index is 214. The van der Waals surface area contributed by atoms with E-state index in [1.165, 1.54) is 19.3 Å². The van der Waals surface area contributed by atoms with Crippen LogP contribution in [-0.2, 0) is 9.53 Å². The van der Waals surface area contributed by atoms with Crippen LogP contribution >= 0.6 is 0 Å². The van der Waals surface area contributed by atoms with E-state index in [2.05, 4.69) is 11.8 Å². The number of carbonyl (C=O) groups excluding carboxylic acids is 1. The van der Waals surface area contributed by atoms with Gasteiger partial charge < -0.3 is 9.64 Å². The van der Waals surface area contributed by atoms with Crippen LogP contribution in [0.2, 0.25) is 0 Å². The average molecular weight is 227 g/mol. The minimum Gasteiger partial charge on any atom is -0.466 e. The van der Waals surface area contributed by atoms with Crippen LogP contribution in [0, 0.1) is 11.8 Å². The lowest BCUT2D eigenvalue weighted by Crippen LogP contribution is -2.37. The van der Waals surface area contributed by atoms with Crippen molar-refractivity contribution in [2.75, 3.05) is 26.2 Å². The summed E-state index contributed by atoms with van der Waals surface area (Å²) in [5, 5.41) is 0. The molecule has 1 fully saturated rings. The third-order valence-corrected chi connectivity index (χ3v) is 3.41. The van der Waals surface area contributed by atoms with Crippen molar-refractivity contribution in [1.29, 1.82) is 0 Å². The van der Waals surface area contributed by atoms with E-state index in [0.717, 1.165) is 25.6 Å². The first-order valence-corrected chi connectivity index (χ1v) is 6.56. The lowest BCUT2D eigenvalue weighted by atomic mass is 9.85. The first kappa shape index (κ1) is 13.5. The highest BCUT2D eigenvalue weighted by atomic mass is 16.5. The second-order valence-electron chi connectivity index (χ2n) is 4.80. The van der Waals surface area contributed by atoms with Gasteiger partial charge in [0.15, 0.2) is 0 Å². The first-order chi connectivity index (χ1) is 7.67. The number of ether oxygens (including phenoxy) is 1. The molecular weight excluding hydrogens is 202 g/mol. The monoisotopic (exact) mass is 227 g/mol. The summed E-state index contributed by atoms with van der Waals surface area (Å²) in [7, 11) is 0. The predicted octanol–water partition coefficient (Wildman–Crippen LogP) is 2.31. The third kappa shape index (κ3) is 4.12. The van der Waals surface area contributed by atoms with Gasteiger partial charge in [-0.05, 0) is 32.2 Å². The Kier molecular flexibility index (Phi) is 5.81. The van der Waals surface area contributed by atoms with Crippen molar-refractivity contribution < 1.29 is 9.53 Å². The minimum absolute atomic E-state index is 0.0000217. The van der Waals surface area contributed by atoms with Crippen molar-refractivity contribution >= 4 is 5.97 Å². The molecule has 1 saturated carbocycles. The van der Waals surface area contributed by atoms with Gasteiger partial charge in [0.1, 0.15) is 0 Å². The lowest BCUT2D eigenvalue weighted by Gasteiger charge is -2.32. The molecule has 1 rings (SSSR count). The number of esters is 1. The summed E-state index contributed by atoms with van der Waals surface area (Å²) in [6.07, 6.45) is 4.12. The summed E-state index contributed by atoms with van der Waals surface area (Å²) in [6, 6.07) is 0. The Hall–Kier alpha value is -0.570. The quantitative estimate of drug-likeness (QED) is 0.625. The van der Waals surface area contributed by atoms with Crippen LogP contribution in [0.15, 0.2) is 0 Å². The molecule has 1 aliphatic carbocycles. The maximum Gasteiger partial charge on any atom is 0.309 e. The molecule has 0 aliphatic heterocycles. The Labute approximate surface area is 99.1 Å². The molecule has 3 nitrogen and oxygen atoms in total. The fraction of sp³-hybridized carbons (Fsp3) is 0.923. The summed E-state index contributed by atoms with van der Waals surface area (Å²) in [4.78, 5) is 13.9. The van der Waals surface area contributed by atoms with Crippen molar-refractivity contribution in [3.63, 3.8) is 0 Å². The molecule has 0 aromatic heterocycles. The van der Waals surface area contributed by atoms with Crippen molar-refractivity contribution in [2.45, 2.75) is 40.0 Å². The van der Waals surface area contributed by atoms with E-state index < -0.39 is 0 Å². The largest absolute Gasteiger partial charge is 0.466 e. The molecule has 94 valence electrons. The SMILES string of the molecule is CCOC(=O)C(C)CN(CC)CC1CCC1. The number of hydrogen-bond acceptors (Lipinski definition) is 3. The number of nitrogens with zero attached hydrogens (tertiary/aromatic N) is 1. The highest BCUT2D eigenvalue weighted by Crippen LogP contribution is 2.27. The molecule has 0 N–H and O–H groups in total. The van der Waals surface area contributed by atoms with Gasteiger partial charge in [-0.2, -0.15) is 0 Å². The van der Waals surface area contributed by atoms with Crippen molar-refractivity contribution in [3.8, 4) is 0 Å². The van der Waals surface area contributed by atoms with E-state index >= 15 is 0 Å². The molecule has 16 heavy (non-hydrogen) atoms. The molecule has 3 heteroatoms. The van der Waals surface area contributed by atoms with Crippen LogP contribution in [0.3, 0.4) is 0 Å². The Morgan fingerprint density at radius 1 is 1.44 bits per heavy atom. The fourth-order valence-corrected chi connectivity index (χ4v) is 2.12. The van der Waals surface area contributed by atoms with Gasteiger partial charge in [0, 0.05) is 13.1 Å². The topological polar surface area (TPSA) is 29.5 Å². The highest BCUT2D eigenvalue weighted by Gasteiger charge is 2.23. The third-order valence-electron chi connectivity index (χ3n) is 3.41. The normalized spacial score (nSPS) is 18.2. The zero-order valence-corrected chi connectivity index (χ0v) is 10.9. The maximum atomic E-state index is 11.5. The van der Waals surface area contributed by atoms with Crippen LogP contribution < -0.4 is 0 Å². The summed E-state index contributed by atoms with van der Waals surface area (Å²) in [6.45, 7) is 9.48. The van der Waals surface area contributed by atoms with E-state index in [-0.39, 0.29) is 11.9 Å². The molecule has 0 amide bonds. The Balaban J connectivity index is 2.27. The fourth-order valence-electron chi connectivity index (χ4n) is 2.12. The Morgan fingerprint density at radius 3 is 2.56 bits per heavy atom. The van der Waals surface area contributed by atoms with Crippen LogP contribution in [0.25, 0.3) is 0 Å². The molecule has 1 atom stereocenters. The van der Waals surface area contributed by atoms with E-state index in [9.17, 15) is 4.79 Å². The van der Waals surface area contributed by atoms with E-state index in [4.69, 9.17) is 4.74 Å². The van der Waals surface area contributed by atoms with Crippen LogP contribution in [-0.4, -0.2) is 37.1 Å². The van der Waals surface area contributed by atoms with Gasteiger partial charge in [-0.3, -0.25) is 4.79 Å². The minimum atomic E-state index is -0.0606. The standard InChI is InChI=1S/C13H25NO2/c1-4-14(10-12-7-6-8-12)9-11(3)13(15)16-5-2/h11-12H,4-10H2,1-3H3. The van der Waals surface area contributed by atoms with Gasteiger partial charge in [0.25, 0.3) is 0 Å². The summed E-state index contributed by atoms with van der Waals surface area (Å²) in [5.41, 5.74) is 0. The van der Waals surface area contributed by atoms with E-state index in [1.807, 2.05) is 13.8 Å². The molecule has 1 unspecified atom stereocenters. The predicted molar refractivity (Wildman–Crippen MR) is 65.3 cm³/mol. The smallest absolute Gasteiger partial charge is 0.309 e. The van der Waals surface area contributed by atoms with Gasteiger partial charge in [-0.1, -0.05) is 20.3 Å². The van der Waals surface area contributed by atoms with Gasteiger partial charge >= 0.3 is 5.97 Å². The molecule has 0 aromatic rings. The molecular formula is C13H25NO2. The number of rotatable bonds is 7. The first-order valence-electron chi connectivity index (χ1n) is 6.56. The molecule has 0 aromatic carbocycles. The molecule has 0 radical (unpaired) electrons. The summed E-state index contributed by atoms with van der Waals surface area (Å²) >= 11 is 0. The summed E-state index contributed by atoms with van der Waals surface area (Å²) < 4.78 is 5.03. The number of hydrogen-bond donors (Lipinski definition) is 0. The number of carbonyl (C=O) groups is 1. The van der Waals surface area contributed by atoms with Crippen LogP contribution in [0.4, 0.5) is 0 Å². The average Bonchev–Trinajstić information content (AvgIpc) is 2.21. The van der Waals surface area contributed by atoms with E-state index in [0.29, 0.717) is 6.61 Å². The maximum absolute atomic E-state index is 11.5. The molecule has 0 heterocycles. The zero-order valence-electron chi connectivity index (χ0n) is 10.9. The molecule has 0 spiro atoms. The van der Waals surface area contributed by atoms with E-state index in [1.54, 1.807) is 0 Å². The highest BCUT2D eigenvalue weighted by molar-refractivity contribution is 5.72. The van der Waals surface area contributed by atoms with Crippen molar-refractivity contribution in [3.05, 3.63) is 0 Å². The van der Waals surface area contributed by atoms with Gasteiger partial charge in [-0.25, -0.2) is 0 Å². The molecule has 1 aliphatic rings. The zero-order chi connectivity index (χ0) is 12.0. The van der Waals surface area contributed by atoms with Gasteiger partial charge in [-0.15, -0.1) is 0 Å². The Morgan fingerprint density at radius 2 is 2.12 bits per heavy atom. The van der Waals surface area contributed by atoms with Crippen LogP contribution in [0.1, 0.15) is 40.0 Å².